The molecule has 8 rings (SSSR count). The maximum absolute atomic E-state index is 15.0. The third kappa shape index (κ3) is 10.5. The van der Waals surface area contributed by atoms with E-state index in [0.717, 1.165) is 73.4 Å². The number of amides is 3. The molecule has 3 aliphatic heterocycles. The highest BCUT2D eigenvalue weighted by atomic mass is 35.5. The highest BCUT2D eigenvalue weighted by molar-refractivity contribution is 7.13. The van der Waals surface area contributed by atoms with Gasteiger partial charge < -0.3 is 25.4 Å². The average Bonchev–Trinajstić information content (AvgIpc) is 4.00. The number of fused-ring (bicyclic) bond motifs is 2. The lowest BCUT2D eigenvalue weighted by molar-refractivity contribution is -0.874. The Balaban J connectivity index is 0.799. The average molecular weight is 992 g/mol. The first-order valence-corrected chi connectivity index (χ1v) is 26.5. The number of aliphatic hydroxyl groups is 1. The largest absolute Gasteiger partial charge is 0.489 e. The number of aromatic nitrogens is 1. The van der Waals surface area contributed by atoms with Gasteiger partial charge in [-0.05, 0) is 93.3 Å². The van der Waals surface area contributed by atoms with Crippen LogP contribution in [0.1, 0.15) is 126 Å². The number of carbonyl (C=O) groups excluding carboxylic acids is 3. The van der Waals surface area contributed by atoms with E-state index >= 15 is 0 Å². The number of likely N-dealkylation sites (tertiary alicyclic amines) is 2. The maximum Gasteiger partial charge on any atom is 0.337 e. The molecular formula is C56H73ClN7O5S+. The summed E-state index contributed by atoms with van der Waals surface area (Å²) in [4.78, 5) is 53.1. The smallest absolute Gasteiger partial charge is 0.337 e. The Labute approximate surface area is 424 Å². The van der Waals surface area contributed by atoms with Crippen LogP contribution in [0.2, 0.25) is 5.02 Å². The summed E-state index contributed by atoms with van der Waals surface area (Å²) in [5.41, 5.74) is 6.00. The Hall–Kier alpha value is -4.68. The highest BCUT2D eigenvalue weighted by Gasteiger charge is 2.64. The molecule has 70 heavy (non-hydrogen) atoms. The Bertz CT molecular complexity index is 2560. The van der Waals surface area contributed by atoms with Crippen molar-refractivity contribution in [3.8, 4) is 22.3 Å². The minimum absolute atomic E-state index is 0.0340. The number of nitriles is 1. The number of ether oxygens (including phenoxy) is 1. The Morgan fingerprint density at radius 2 is 1.66 bits per heavy atom. The van der Waals surface area contributed by atoms with Gasteiger partial charge in [-0.15, -0.1) is 11.3 Å². The number of carbonyl (C=O) groups is 3. The minimum atomic E-state index is -0.719. The molecule has 0 radical (unpaired) electrons. The second kappa shape index (κ2) is 20.4. The number of benzene rings is 3. The van der Waals surface area contributed by atoms with Crippen LogP contribution in [0.3, 0.4) is 0 Å². The molecule has 3 unspecified atom stereocenters. The quantitative estimate of drug-likeness (QED) is 0.0739. The van der Waals surface area contributed by atoms with Crippen LogP contribution in [0.5, 0.6) is 5.75 Å². The van der Waals surface area contributed by atoms with Gasteiger partial charge in [0.15, 0.2) is 0 Å². The van der Waals surface area contributed by atoms with Gasteiger partial charge in [-0.2, -0.15) is 5.26 Å². The Morgan fingerprint density at radius 1 is 0.986 bits per heavy atom. The molecule has 4 heterocycles. The van der Waals surface area contributed by atoms with Gasteiger partial charge in [0.25, 0.3) is 5.91 Å². The number of hydrogen-bond acceptors (Lipinski definition) is 10. The van der Waals surface area contributed by atoms with Crippen LogP contribution in [0.4, 0.5) is 0 Å². The predicted molar refractivity (Wildman–Crippen MR) is 276 cm³/mol. The highest BCUT2D eigenvalue weighted by Crippen LogP contribution is 2.55. The van der Waals surface area contributed by atoms with Crippen molar-refractivity contribution in [3.05, 3.63) is 105 Å². The SMILES string of the molecule is Cc1ncsc1-c1ccc([C@H](C)[N+]2(C(=O)[C@@H](NC(=O)CN3C4CCC3CN(CCCCc3ccc(C(=O)NC5C(C)(C)C(Oc6ccc(C#N)c(Cl)c6)C5(C)C)cc3)C4)C(C)(C)C)CC[C@H](O)C2)cc1. The van der Waals surface area contributed by atoms with Crippen molar-refractivity contribution in [3.63, 3.8) is 0 Å². The van der Waals surface area contributed by atoms with Gasteiger partial charge in [-0.25, -0.2) is 9.78 Å². The lowest BCUT2D eigenvalue weighted by Gasteiger charge is -2.63. The summed E-state index contributed by atoms with van der Waals surface area (Å²) < 4.78 is 6.50. The molecule has 12 nitrogen and oxygen atoms in total. The Kier molecular flexibility index (Phi) is 15.1. The minimum Gasteiger partial charge on any atom is -0.489 e. The van der Waals surface area contributed by atoms with Crippen molar-refractivity contribution in [2.75, 3.05) is 39.3 Å². The van der Waals surface area contributed by atoms with Gasteiger partial charge in [-0.1, -0.05) is 96.5 Å². The summed E-state index contributed by atoms with van der Waals surface area (Å²) in [7, 11) is 0. The molecule has 4 fully saturated rings. The van der Waals surface area contributed by atoms with Crippen molar-refractivity contribution >= 4 is 40.7 Å². The molecule has 6 atom stereocenters. The van der Waals surface area contributed by atoms with Crippen LogP contribution in [0, 0.1) is 34.5 Å². The second-order valence-electron chi connectivity index (χ2n) is 22.9. The van der Waals surface area contributed by atoms with Gasteiger partial charge in [0.05, 0.1) is 39.8 Å². The van der Waals surface area contributed by atoms with E-state index in [4.69, 9.17) is 16.3 Å². The standard InChI is InChI=1S/C56H72ClN7O5S/c1-35-48(70-34-59-35)39-19-17-38(18-20-39)36(2)64(27-25-44(65)33-64)51(68)49(54(3,4)5)60-47(66)32-63-42-22-23-43(63)31-62(30-42)26-11-10-12-37-13-15-40(16-14-37)50(67)61-52-55(6,7)53(56(52,8)9)69-45-24-21-41(29-58)46(57)28-45/h13-21,24,28,34,36,42-44,49,52-53,65H,10-12,22-23,25-27,30-33H2,1-9H3,(H-,60,61,66,67)/p+1/t36-,42?,43?,44-,49+,52?,53?,64?/m0/s1. The van der Waals surface area contributed by atoms with Crippen molar-refractivity contribution in [2.24, 2.45) is 16.2 Å². The first kappa shape index (κ1) is 51.7. The molecule has 1 aliphatic carbocycles. The number of quaternary nitrogens is 1. The molecular weight excluding hydrogens is 918 g/mol. The first-order chi connectivity index (χ1) is 33.1. The normalized spacial score (nSPS) is 25.9. The topological polar surface area (TPSA) is 148 Å². The van der Waals surface area contributed by atoms with Crippen molar-refractivity contribution in [1.29, 1.82) is 5.26 Å². The number of aryl methyl sites for hydroxylation is 2. The van der Waals surface area contributed by atoms with Crippen LogP contribution < -0.4 is 15.4 Å². The molecule has 14 heteroatoms. The molecule has 3 aromatic carbocycles. The number of rotatable bonds is 16. The number of aliphatic hydroxyl groups excluding tert-OH is 1. The number of nitrogens with zero attached hydrogens (tertiary/aromatic N) is 5. The fraction of sp³-hybridized carbons (Fsp3) is 0.554. The predicted octanol–water partition coefficient (Wildman–Crippen LogP) is 9.13. The summed E-state index contributed by atoms with van der Waals surface area (Å²) in [5, 5.41) is 27.1. The summed E-state index contributed by atoms with van der Waals surface area (Å²) >= 11 is 7.89. The summed E-state index contributed by atoms with van der Waals surface area (Å²) in [6.45, 7) is 22.6. The first-order valence-electron chi connectivity index (χ1n) is 25.3. The van der Waals surface area contributed by atoms with Crippen molar-refractivity contribution in [1.82, 2.24) is 25.4 Å². The summed E-state index contributed by atoms with van der Waals surface area (Å²) in [6, 6.07) is 23.1. The van der Waals surface area contributed by atoms with E-state index in [2.05, 4.69) is 103 Å². The zero-order chi connectivity index (χ0) is 50.3. The maximum atomic E-state index is 15.0. The van der Waals surface area contributed by atoms with Gasteiger partial charge >= 0.3 is 5.91 Å². The van der Waals surface area contributed by atoms with E-state index in [1.807, 2.05) is 45.3 Å². The number of unbranched alkanes of at least 4 members (excludes halogenated alkanes) is 1. The Morgan fingerprint density at radius 3 is 2.23 bits per heavy atom. The van der Waals surface area contributed by atoms with Crippen LogP contribution >= 0.6 is 22.9 Å². The molecule has 2 bridgehead atoms. The van der Waals surface area contributed by atoms with E-state index in [0.29, 0.717) is 53.5 Å². The molecule has 1 aromatic heterocycles. The third-order valence-corrected chi connectivity index (χ3v) is 17.6. The van der Waals surface area contributed by atoms with Crippen LogP contribution in [-0.2, 0) is 16.0 Å². The number of halogens is 1. The molecule has 3 N–H and O–H groups in total. The summed E-state index contributed by atoms with van der Waals surface area (Å²) in [6.07, 6.45) is 4.93. The van der Waals surface area contributed by atoms with E-state index in [-0.39, 0.29) is 57.8 Å². The van der Waals surface area contributed by atoms with Crippen LogP contribution in [-0.4, -0.2) is 118 Å². The van der Waals surface area contributed by atoms with Crippen molar-refractivity contribution in [2.45, 2.75) is 143 Å². The zero-order valence-electron chi connectivity index (χ0n) is 42.6. The molecule has 0 spiro atoms. The fourth-order valence-electron chi connectivity index (χ4n) is 12.6. The number of thiazole rings is 1. The molecule has 4 aliphatic rings. The number of nitrogens with one attached hydrogen (secondary N) is 2. The van der Waals surface area contributed by atoms with Crippen LogP contribution in [0.25, 0.3) is 10.4 Å². The van der Waals surface area contributed by atoms with E-state index in [1.54, 1.807) is 29.5 Å². The molecule has 374 valence electrons. The van der Waals surface area contributed by atoms with Gasteiger partial charge in [-0.3, -0.25) is 19.0 Å². The molecule has 1 saturated carbocycles. The number of piperazine rings is 1. The molecule has 4 aromatic rings. The monoisotopic (exact) mass is 991 g/mol. The van der Waals surface area contributed by atoms with Gasteiger partial charge in [0.2, 0.25) is 5.91 Å². The lowest BCUT2D eigenvalue weighted by atomic mass is 9.49. The van der Waals surface area contributed by atoms with E-state index in [9.17, 15) is 24.8 Å². The molecule has 3 amide bonds. The van der Waals surface area contributed by atoms with Crippen molar-refractivity contribution < 1.29 is 28.7 Å². The van der Waals surface area contributed by atoms with E-state index in [1.165, 1.54) is 5.56 Å². The van der Waals surface area contributed by atoms with Gasteiger partial charge in [0, 0.05) is 65.7 Å². The van der Waals surface area contributed by atoms with E-state index < -0.39 is 17.6 Å². The zero-order valence-corrected chi connectivity index (χ0v) is 44.1. The fourth-order valence-corrected chi connectivity index (χ4v) is 13.6. The molecule has 3 saturated heterocycles. The number of hydrogen-bond donors (Lipinski definition) is 3. The third-order valence-electron chi connectivity index (χ3n) is 16.3. The lowest BCUT2D eigenvalue weighted by Crippen LogP contribution is -2.74. The second-order valence-corrected chi connectivity index (χ2v) is 24.2. The van der Waals surface area contributed by atoms with Gasteiger partial charge in [0.1, 0.15) is 42.7 Å². The summed E-state index contributed by atoms with van der Waals surface area (Å²) in [5.74, 6) is 0.354. The van der Waals surface area contributed by atoms with Crippen LogP contribution in [0.15, 0.2) is 72.2 Å².